The lowest BCUT2D eigenvalue weighted by Gasteiger charge is -2.16. The average Bonchev–Trinajstić information content (AvgIpc) is 3.07. The number of hydrogen-bond donors (Lipinski definition) is 4. The van der Waals surface area contributed by atoms with Crippen LogP contribution in [0.4, 0.5) is 0 Å². The fourth-order valence-corrected chi connectivity index (χ4v) is 2.56. The van der Waals surface area contributed by atoms with Gasteiger partial charge in [-0.1, -0.05) is 51.1 Å². The fourth-order valence-electron chi connectivity index (χ4n) is 2.56. The lowest BCUT2D eigenvalue weighted by atomic mass is 9.90. The van der Waals surface area contributed by atoms with Crippen molar-refractivity contribution >= 4 is 22.3 Å². The van der Waals surface area contributed by atoms with Crippen molar-refractivity contribution in [2.75, 3.05) is 6.26 Å². The van der Waals surface area contributed by atoms with Gasteiger partial charge < -0.3 is 15.0 Å². The van der Waals surface area contributed by atoms with E-state index in [1.165, 1.54) is 0 Å². The molecule has 30 heavy (non-hydrogen) atoms. The van der Waals surface area contributed by atoms with Crippen LogP contribution in [0.1, 0.15) is 37.7 Å². The van der Waals surface area contributed by atoms with Crippen LogP contribution in [0.3, 0.4) is 0 Å². The van der Waals surface area contributed by atoms with Crippen molar-refractivity contribution < 1.29 is 13.0 Å². The minimum atomic E-state index is -3.67. The monoisotopic (exact) mass is 432 g/mol. The zero-order valence-electron chi connectivity index (χ0n) is 17.1. The van der Waals surface area contributed by atoms with E-state index >= 15 is 0 Å². The second-order valence-corrected chi connectivity index (χ2v) is 9.05. The molecule has 0 spiro atoms. The van der Waals surface area contributed by atoms with E-state index in [2.05, 4.69) is 19.9 Å². The van der Waals surface area contributed by atoms with Crippen molar-refractivity contribution in [1.29, 1.82) is 0 Å². The predicted octanol–water partition coefficient (Wildman–Crippen LogP) is 0.245. The first kappa shape index (κ1) is 23.0. The summed E-state index contributed by atoms with van der Waals surface area (Å²) < 4.78 is 25.9. The molecule has 0 amide bonds. The number of rotatable bonds is 2. The summed E-state index contributed by atoms with van der Waals surface area (Å²) in [7, 11) is -3.67. The molecule has 0 fully saturated rings. The third-order valence-electron chi connectivity index (χ3n) is 3.80. The molecule has 0 aliphatic heterocycles. The molecule has 0 bridgehead atoms. The maximum absolute atomic E-state index is 12.4. The minimum Gasteiger partial charge on any atom is -0.348 e. The Hall–Kier alpha value is -3.24. The normalized spacial score (nSPS) is 13.1. The number of benzene rings is 1. The van der Waals surface area contributed by atoms with Crippen LogP contribution in [0.2, 0.25) is 0 Å². The van der Waals surface area contributed by atoms with E-state index < -0.39 is 10.1 Å². The van der Waals surface area contributed by atoms with Crippen LogP contribution in [-0.2, 0) is 15.5 Å². The summed E-state index contributed by atoms with van der Waals surface area (Å²) in [5.74, 6) is 0. The highest BCUT2D eigenvalue weighted by Crippen LogP contribution is 2.22. The fraction of sp³-hybridized carbons (Fsp3) is 0.250. The number of aromatic amines is 3. The second-order valence-electron chi connectivity index (χ2n) is 7.58. The number of nitrogens with one attached hydrogen (secondary N) is 3. The van der Waals surface area contributed by atoms with Crippen molar-refractivity contribution in [3.05, 3.63) is 85.0 Å². The molecular formula is C20H24N4O5S. The van der Waals surface area contributed by atoms with Gasteiger partial charge in [0.15, 0.2) is 0 Å². The Balaban J connectivity index is 0.000000575. The maximum Gasteiger partial charge on any atom is 0.272 e. The van der Waals surface area contributed by atoms with Gasteiger partial charge in [-0.25, -0.2) is 4.98 Å². The zero-order valence-corrected chi connectivity index (χ0v) is 17.9. The Morgan fingerprint density at radius 1 is 0.967 bits per heavy atom. The first-order valence-electron chi connectivity index (χ1n) is 8.92. The summed E-state index contributed by atoms with van der Waals surface area (Å²) in [6, 6.07) is 9.34. The lowest BCUT2D eigenvalue weighted by Crippen LogP contribution is -2.46. The SMILES string of the molecule is CC(C)(C)c1[nH]cnc1C=c1[nH]c(=O)c(=Cc2ccccc2)[nH]c1=O.CS(=O)(=O)O. The van der Waals surface area contributed by atoms with Crippen LogP contribution in [0, 0.1) is 0 Å². The van der Waals surface area contributed by atoms with Crippen molar-refractivity contribution in [1.82, 2.24) is 19.9 Å². The summed E-state index contributed by atoms with van der Waals surface area (Å²) in [5.41, 5.74) is 1.48. The van der Waals surface area contributed by atoms with Gasteiger partial charge in [-0.05, 0) is 17.7 Å². The summed E-state index contributed by atoms with van der Waals surface area (Å²) in [5, 5.41) is 0.388. The van der Waals surface area contributed by atoms with Gasteiger partial charge >= 0.3 is 0 Å². The van der Waals surface area contributed by atoms with Gasteiger partial charge in [-0.2, -0.15) is 8.42 Å². The number of aromatic nitrogens is 4. The van der Waals surface area contributed by atoms with Gasteiger partial charge in [0, 0.05) is 11.1 Å². The largest absolute Gasteiger partial charge is 0.348 e. The van der Waals surface area contributed by atoms with Crippen molar-refractivity contribution in [2.24, 2.45) is 0 Å². The Morgan fingerprint density at radius 3 is 1.97 bits per heavy atom. The number of nitrogens with zero attached hydrogens (tertiary/aromatic N) is 1. The molecule has 160 valence electrons. The van der Waals surface area contributed by atoms with E-state index in [1.807, 2.05) is 51.1 Å². The van der Waals surface area contributed by atoms with Crippen molar-refractivity contribution in [2.45, 2.75) is 26.2 Å². The first-order valence-corrected chi connectivity index (χ1v) is 10.8. The summed E-state index contributed by atoms with van der Waals surface area (Å²) in [6.45, 7) is 6.13. The highest BCUT2D eigenvalue weighted by atomic mass is 32.2. The Kier molecular flexibility index (Phi) is 6.96. The van der Waals surface area contributed by atoms with Crippen molar-refractivity contribution in [3.63, 3.8) is 0 Å². The molecular weight excluding hydrogens is 408 g/mol. The van der Waals surface area contributed by atoms with E-state index in [4.69, 9.17) is 4.55 Å². The molecule has 2 aromatic heterocycles. The molecule has 9 nitrogen and oxygen atoms in total. The van der Waals surface area contributed by atoms with E-state index in [1.54, 1.807) is 18.5 Å². The molecule has 1 aromatic carbocycles. The lowest BCUT2D eigenvalue weighted by molar-refractivity contribution is 0.490. The molecule has 2 heterocycles. The molecule has 0 atom stereocenters. The molecule has 0 saturated heterocycles. The van der Waals surface area contributed by atoms with E-state index in [0.29, 0.717) is 11.9 Å². The predicted molar refractivity (Wildman–Crippen MR) is 115 cm³/mol. The van der Waals surface area contributed by atoms with Crippen LogP contribution in [0.5, 0.6) is 0 Å². The molecule has 4 N–H and O–H groups in total. The summed E-state index contributed by atoms with van der Waals surface area (Å²) in [6.07, 6.45) is 5.52. The van der Waals surface area contributed by atoms with E-state index in [0.717, 1.165) is 11.3 Å². The van der Waals surface area contributed by atoms with Crippen molar-refractivity contribution in [3.8, 4) is 0 Å². The molecule has 0 unspecified atom stereocenters. The molecule has 10 heteroatoms. The van der Waals surface area contributed by atoms with Gasteiger partial charge in [0.2, 0.25) is 0 Å². The molecule has 0 radical (unpaired) electrons. The summed E-state index contributed by atoms with van der Waals surface area (Å²) in [4.78, 5) is 37.3. The molecule has 0 aliphatic carbocycles. The third-order valence-corrected chi connectivity index (χ3v) is 3.80. The maximum atomic E-state index is 12.4. The highest BCUT2D eigenvalue weighted by molar-refractivity contribution is 7.85. The highest BCUT2D eigenvalue weighted by Gasteiger charge is 2.19. The Bertz CT molecular complexity index is 1340. The topological polar surface area (TPSA) is 149 Å². The van der Waals surface area contributed by atoms with Gasteiger partial charge in [0.25, 0.3) is 21.2 Å². The van der Waals surface area contributed by atoms with Gasteiger partial charge in [0.05, 0.1) is 18.3 Å². The smallest absolute Gasteiger partial charge is 0.272 e. The van der Waals surface area contributed by atoms with Gasteiger partial charge in [-0.15, -0.1) is 0 Å². The second kappa shape index (κ2) is 9.06. The first-order chi connectivity index (χ1) is 13.8. The average molecular weight is 433 g/mol. The Labute approximate surface area is 173 Å². The van der Waals surface area contributed by atoms with Gasteiger partial charge in [-0.3, -0.25) is 14.1 Å². The van der Waals surface area contributed by atoms with Crippen LogP contribution in [0.25, 0.3) is 12.2 Å². The molecule has 3 rings (SSSR count). The molecule has 3 aromatic rings. The van der Waals surface area contributed by atoms with E-state index in [9.17, 15) is 18.0 Å². The molecule has 0 aliphatic rings. The van der Waals surface area contributed by atoms with Crippen LogP contribution < -0.4 is 21.8 Å². The number of H-pyrrole nitrogens is 3. The van der Waals surface area contributed by atoms with Gasteiger partial charge in [0.1, 0.15) is 10.7 Å². The van der Waals surface area contributed by atoms with Crippen LogP contribution in [-0.4, -0.2) is 39.2 Å². The molecule has 0 saturated carbocycles. The zero-order chi connectivity index (χ0) is 22.5. The quantitative estimate of drug-likeness (QED) is 0.427. The van der Waals surface area contributed by atoms with Crippen LogP contribution in [0.15, 0.2) is 46.2 Å². The number of hydrogen-bond acceptors (Lipinski definition) is 5. The Morgan fingerprint density at radius 2 is 1.47 bits per heavy atom. The van der Waals surface area contributed by atoms with Crippen LogP contribution >= 0.6 is 0 Å². The van der Waals surface area contributed by atoms with E-state index in [-0.39, 0.29) is 27.2 Å². The summed E-state index contributed by atoms with van der Waals surface area (Å²) >= 11 is 0. The third kappa shape index (κ3) is 6.98. The number of imidazole rings is 1. The standard InChI is InChI=1S/C19H20N4O2.CH4O3S/c1-19(2,3)16-13(20-11-21-16)10-15-18(25)22-14(17(24)23-15)9-12-7-5-4-6-8-12;1-5(2,3)4/h4-11H,1-3H3,(H,20,21)(H,22,25)(H,23,24);1H3,(H,2,3,4). The minimum absolute atomic E-state index is 0.156.